The summed E-state index contributed by atoms with van der Waals surface area (Å²) in [6.45, 7) is 2.36. The largest absolute Gasteiger partial charge is 0.494 e. The molecule has 0 aliphatic rings. The molecule has 8 heteroatoms. The first-order valence-corrected chi connectivity index (χ1v) is 7.90. The Hall–Kier alpha value is -3.42. The maximum absolute atomic E-state index is 12.4. The highest BCUT2D eigenvalue weighted by atomic mass is 16.6. The van der Waals surface area contributed by atoms with Crippen molar-refractivity contribution in [3.05, 3.63) is 69.8 Å². The molecule has 0 aromatic heterocycles. The van der Waals surface area contributed by atoms with Crippen molar-refractivity contribution in [3.8, 4) is 5.75 Å². The summed E-state index contributed by atoms with van der Waals surface area (Å²) in [6.07, 6.45) is -0.299. The van der Waals surface area contributed by atoms with E-state index in [9.17, 15) is 19.7 Å². The van der Waals surface area contributed by atoms with E-state index in [0.29, 0.717) is 17.9 Å². The molecule has 26 heavy (non-hydrogen) atoms. The van der Waals surface area contributed by atoms with E-state index in [1.807, 2.05) is 6.92 Å². The van der Waals surface area contributed by atoms with Gasteiger partial charge < -0.3 is 15.2 Å². The van der Waals surface area contributed by atoms with Gasteiger partial charge in [-0.2, -0.15) is 0 Å². The number of nitro benzene ring substituents is 1. The molecule has 2 N–H and O–H groups in total. The molecule has 1 amide bonds. The first-order chi connectivity index (χ1) is 12.4. The molecule has 0 aliphatic carbocycles. The molecule has 0 radical (unpaired) electrons. The molecule has 2 rings (SSSR count). The molecule has 136 valence electrons. The van der Waals surface area contributed by atoms with Gasteiger partial charge in [0.2, 0.25) is 0 Å². The molecule has 0 saturated heterocycles. The highest BCUT2D eigenvalue weighted by molar-refractivity contribution is 5.94. The summed E-state index contributed by atoms with van der Waals surface area (Å²) >= 11 is 0. The number of carboxylic acids is 1. The quantitative estimate of drug-likeness (QED) is 0.553. The second-order valence-corrected chi connectivity index (χ2v) is 5.43. The number of hydrogen-bond donors (Lipinski definition) is 2. The summed E-state index contributed by atoms with van der Waals surface area (Å²) in [7, 11) is 0. The third kappa shape index (κ3) is 5.04. The topological polar surface area (TPSA) is 119 Å². The molecule has 0 heterocycles. The van der Waals surface area contributed by atoms with Crippen LogP contribution in [0, 0.1) is 10.1 Å². The minimum atomic E-state index is -1.06. The summed E-state index contributed by atoms with van der Waals surface area (Å²) in [4.78, 5) is 33.6. The Kier molecular flexibility index (Phi) is 6.26. The van der Waals surface area contributed by atoms with Crippen molar-refractivity contribution in [3.63, 3.8) is 0 Å². The minimum absolute atomic E-state index is 0.129. The van der Waals surface area contributed by atoms with E-state index < -0.39 is 22.8 Å². The molecular weight excluding hydrogens is 340 g/mol. The van der Waals surface area contributed by atoms with Gasteiger partial charge in [-0.1, -0.05) is 12.1 Å². The zero-order chi connectivity index (χ0) is 19.1. The van der Waals surface area contributed by atoms with Crippen molar-refractivity contribution in [2.24, 2.45) is 0 Å². The van der Waals surface area contributed by atoms with Gasteiger partial charge in [-0.3, -0.25) is 19.7 Å². The zero-order valence-electron chi connectivity index (χ0n) is 14.0. The number of amides is 1. The molecule has 0 fully saturated rings. The number of non-ortho nitro benzene ring substituents is 1. The Labute approximate surface area is 149 Å². The summed E-state index contributed by atoms with van der Waals surface area (Å²) in [6, 6.07) is 11.1. The maximum Gasteiger partial charge on any atom is 0.305 e. The number of carbonyl (C=O) groups excluding carboxylic acids is 1. The lowest BCUT2D eigenvalue weighted by Crippen LogP contribution is -2.30. The van der Waals surface area contributed by atoms with Crippen molar-refractivity contribution >= 4 is 17.6 Å². The van der Waals surface area contributed by atoms with Crippen LogP contribution in [0.3, 0.4) is 0 Å². The summed E-state index contributed by atoms with van der Waals surface area (Å²) in [5.41, 5.74) is 0.693. The van der Waals surface area contributed by atoms with Gasteiger partial charge in [0.1, 0.15) is 5.75 Å². The predicted octanol–water partition coefficient (Wildman–Crippen LogP) is 2.94. The fourth-order valence-corrected chi connectivity index (χ4v) is 2.37. The van der Waals surface area contributed by atoms with Crippen LogP contribution in [0.15, 0.2) is 48.5 Å². The normalized spacial score (nSPS) is 11.4. The number of ether oxygens (including phenoxy) is 1. The van der Waals surface area contributed by atoms with Crippen molar-refractivity contribution in [2.45, 2.75) is 19.4 Å². The average molecular weight is 358 g/mol. The first kappa shape index (κ1) is 18.9. The fourth-order valence-electron chi connectivity index (χ4n) is 2.37. The van der Waals surface area contributed by atoms with Gasteiger partial charge in [0.15, 0.2) is 0 Å². The number of rotatable bonds is 8. The van der Waals surface area contributed by atoms with Crippen LogP contribution in [0.4, 0.5) is 5.69 Å². The van der Waals surface area contributed by atoms with Crippen LogP contribution in [-0.4, -0.2) is 28.5 Å². The van der Waals surface area contributed by atoms with E-state index in [4.69, 9.17) is 9.84 Å². The van der Waals surface area contributed by atoms with E-state index in [2.05, 4.69) is 5.32 Å². The van der Waals surface area contributed by atoms with Crippen molar-refractivity contribution in [1.29, 1.82) is 0 Å². The van der Waals surface area contributed by atoms with E-state index in [0.717, 1.165) is 0 Å². The maximum atomic E-state index is 12.4. The molecule has 2 aromatic rings. The number of benzene rings is 2. The molecule has 0 aliphatic heterocycles. The number of nitro groups is 1. The van der Waals surface area contributed by atoms with Crippen LogP contribution in [0.1, 0.15) is 35.3 Å². The van der Waals surface area contributed by atoms with Gasteiger partial charge >= 0.3 is 5.97 Å². The third-order valence-corrected chi connectivity index (χ3v) is 3.62. The number of aliphatic carboxylic acids is 1. The molecule has 2 aromatic carbocycles. The Balaban J connectivity index is 2.17. The number of hydrogen-bond acceptors (Lipinski definition) is 5. The fraction of sp³-hybridized carbons (Fsp3) is 0.222. The van der Waals surface area contributed by atoms with E-state index in [-0.39, 0.29) is 17.7 Å². The second-order valence-electron chi connectivity index (χ2n) is 5.43. The molecule has 0 unspecified atom stereocenters. The Morgan fingerprint density at radius 3 is 2.27 bits per heavy atom. The Bertz CT molecular complexity index is 786. The summed E-state index contributed by atoms with van der Waals surface area (Å²) in [5.74, 6) is -0.931. The lowest BCUT2D eigenvalue weighted by molar-refractivity contribution is -0.384. The standard InChI is InChI=1S/C18H18N2O6/c1-2-26-15-9-5-12(6-10-15)16(11-17(21)22)19-18(23)13-3-7-14(8-4-13)20(24)25/h3-10,16H,2,11H2,1H3,(H,19,23)(H,21,22)/t16-/m0/s1. The summed E-state index contributed by atoms with van der Waals surface area (Å²) in [5, 5.41) is 22.4. The lowest BCUT2D eigenvalue weighted by atomic mass is 10.0. The number of nitrogens with one attached hydrogen (secondary N) is 1. The molecular formula is C18H18N2O6. The number of nitrogens with zero attached hydrogens (tertiary/aromatic N) is 1. The van der Waals surface area contributed by atoms with Gasteiger partial charge in [-0.05, 0) is 36.8 Å². The van der Waals surface area contributed by atoms with E-state index in [1.165, 1.54) is 24.3 Å². The van der Waals surface area contributed by atoms with Crippen molar-refractivity contribution < 1.29 is 24.4 Å². The van der Waals surface area contributed by atoms with Gasteiger partial charge in [0.25, 0.3) is 11.6 Å². The Morgan fingerprint density at radius 1 is 1.15 bits per heavy atom. The SMILES string of the molecule is CCOc1ccc([C@H](CC(=O)O)NC(=O)c2ccc([N+](=O)[O-])cc2)cc1. The smallest absolute Gasteiger partial charge is 0.305 e. The van der Waals surface area contributed by atoms with Gasteiger partial charge in [-0.15, -0.1) is 0 Å². The molecule has 1 atom stereocenters. The van der Waals surface area contributed by atoms with E-state index in [1.54, 1.807) is 24.3 Å². The highest BCUT2D eigenvalue weighted by Crippen LogP contribution is 2.21. The Morgan fingerprint density at radius 2 is 1.77 bits per heavy atom. The molecule has 8 nitrogen and oxygen atoms in total. The highest BCUT2D eigenvalue weighted by Gasteiger charge is 2.19. The lowest BCUT2D eigenvalue weighted by Gasteiger charge is -2.18. The minimum Gasteiger partial charge on any atom is -0.494 e. The predicted molar refractivity (Wildman–Crippen MR) is 93.2 cm³/mol. The molecule has 0 saturated carbocycles. The second kappa shape index (κ2) is 8.61. The third-order valence-electron chi connectivity index (χ3n) is 3.62. The van der Waals surface area contributed by atoms with Crippen LogP contribution in [0.2, 0.25) is 0 Å². The number of carboxylic acid groups (broad SMARTS) is 1. The van der Waals surface area contributed by atoms with E-state index >= 15 is 0 Å². The monoisotopic (exact) mass is 358 g/mol. The van der Waals surface area contributed by atoms with Crippen LogP contribution in [0.25, 0.3) is 0 Å². The summed E-state index contributed by atoms with van der Waals surface area (Å²) < 4.78 is 5.34. The van der Waals surface area contributed by atoms with Crippen LogP contribution >= 0.6 is 0 Å². The van der Waals surface area contributed by atoms with Crippen LogP contribution in [-0.2, 0) is 4.79 Å². The first-order valence-electron chi connectivity index (χ1n) is 7.90. The molecule has 0 bridgehead atoms. The van der Waals surface area contributed by atoms with Crippen LogP contribution in [0.5, 0.6) is 5.75 Å². The zero-order valence-corrected chi connectivity index (χ0v) is 14.0. The number of carbonyl (C=O) groups is 2. The van der Waals surface area contributed by atoms with Gasteiger partial charge in [0, 0.05) is 17.7 Å². The molecule has 0 spiro atoms. The van der Waals surface area contributed by atoms with Crippen molar-refractivity contribution in [1.82, 2.24) is 5.32 Å². The van der Waals surface area contributed by atoms with Crippen LogP contribution < -0.4 is 10.1 Å². The average Bonchev–Trinajstić information content (AvgIpc) is 2.61. The van der Waals surface area contributed by atoms with Gasteiger partial charge in [0.05, 0.1) is 24.0 Å². The van der Waals surface area contributed by atoms with Crippen molar-refractivity contribution in [2.75, 3.05) is 6.61 Å². The van der Waals surface area contributed by atoms with Gasteiger partial charge in [-0.25, -0.2) is 0 Å².